The number of likely N-dealkylation sites (N-methyl/N-ethyl adjacent to an activating group) is 2. The molecule has 1 amide bonds. The van der Waals surface area contributed by atoms with Gasteiger partial charge in [-0.15, -0.1) is 0 Å². The number of amides is 1. The average Bonchev–Trinajstić information content (AvgIpc) is 2.96. The van der Waals surface area contributed by atoms with Crippen LogP contribution >= 0.6 is 0 Å². The number of carbonyl (C=O) groups excluding carboxylic acids is 1. The molecule has 116 valence electrons. The number of nitrogens with zero attached hydrogens (tertiary/aromatic N) is 1. The number of carbonyl (C=O) groups is 1. The topological polar surface area (TPSA) is 50.8 Å². The van der Waals surface area contributed by atoms with E-state index in [0.29, 0.717) is 32.1 Å². The highest BCUT2D eigenvalue weighted by Crippen LogP contribution is 2.16. The first-order valence-electron chi connectivity index (χ1n) is 7.00. The van der Waals surface area contributed by atoms with Gasteiger partial charge in [0, 0.05) is 13.1 Å². The first-order valence-corrected chi connectivity index (χ1v) is 7.00. The van der Waals surface area contributed by atoms with Gasteiger partial charge in [0.15, 0.2) is 0 Å². The SMILES string of the molecule is CNC1COCC1C(=O)N(C)CCOc1ccc(F)cc1. The minimum Gasteiger partial charge on any atom is -0.492 e. The van der Waals surface area contributed by atoms with Crippen LogP contribution in [0.25, 0.3) is 0 Å². The molecule has 5 nitrogen and oxygen atoms in total. The molecule has 2 unspecified atom stereocenters. The van der Waals surface area contributed by atoms with Gasteiger partial charge < -0.3 is 19.7 Å². The van der Waals surface area contributed by atoms with Crippen LogP contribution in [0.4, 0.5) is 4.39 Å². The lowest BCUT2D eigenvalue weighted by atomic mass is 10.0. The van der Waals surface area contributed by atoms with Crippen molar-refractivity contribution in [3.05, 3.63) is 30.1 Å². The highest BCUT2D eigenvalue weighted by Gasteiger charge is 2.34. The van der Waals surface area contributed by atoms with Crippen molar-refractivity contribution in [2.45, 2.75) is 6.04 Å². The molecule has 2 atom stereocenters. The van der Waals surface area contributed by atoms with Crippen LogP contribution in [-0.2, 0) is 9.53 Å². The molecule has 2 rings (SSSR count). The number of ether oxygens (including phenoxy) is 2. The van der Waals surface area contributed by atoms with E-state index in [1.807, 2.05) is 7.05 Å². The lowest BCUT2D eigenvalue weighted by molar-refractivity contribution is -0.134. The number of benzene rings is 1. The van der Waals surface area contributed by atoms with E-state index in [1.165, 1.54) is 12.1 Å². The van der Waals surface area contributed by atoms with E-state index in [2.05, 4.69) is 5.32 Å². The summed E-state index contributed by atoms with van der Waals surface area (Å²) in [5, 5.41) is 3.10. The van der Waals surface area contributed by atoms with Gasteiger partial charge in [-0.2, -0.15) is 0 Å². The van der Waals surface area contributed by atoms with E-state index in [0.717, 1.165) is 0 Å². The van der Waals surface area contributed by atoms with Crippen LogP contribution in [0.1, 0.15) is 0 Å². The van der Waals surface area contributed by atoms with Crippen LogP contribution in [-0.4, -0.2) is 57.3 Å². The second-order valence-corrected chi connectivity index (χ2v) is 5.10. The molecule has 0 bridgehead atoms. The maximum Gasteiger partial charge on any atom is 0.229 e. The third-order valence-electron chi connectivity index (χ3n) is 3.65. The Morgan fingerprint density at radius 1 is 1.43 bits per heavy atom. The molecular formula is C15H21FN2O3. The van der Waals surface area contributed by atoms with Gasteiger partial charge in [0.1, 0.15) is 18.2 Å². The van der Waals surface area contributed by atoms with E-state index in [4.69, 9.17) is 9.47 Å². The molecular weight excluding hydrogens is 275 g/mol. The van der Waals surface area contributed by atoms with Crippen LogP contribution in [0.5, 0.6) is 5.75 Å². The molecule has 0 aromatic heterocycles. The Morgan fingerprint density at radius 2 is 2.14 bits per heavy atom. The Morgan fingerprint density at radius 3 is 2.81 bits per heavy atom. The number of hydrogen-bond donors (Lipinski definition) is 1. The molecule has 1 aromatic carbocycles. The summed E-state index contributed by atoms with van der Waals surface area (Å²) in [6.07, 6.45) is 0. The van der Waals surface area contributed by atoms with E-state index in [9.17, 15) is 9.18 Å². The van der Waals surface area contributed by atoms with Gasteiger partial charge in [-0.25, -0.2) is 4.39 Å². The van der Waals surface area contributed by atoms with E-state index in [-0.39, 0.29) is 23.7 Å². The van der Waals surface area contributed by atoms with Crippen molar-refractivity contribution in [2.75, 3.05) is 40.5 Å². The summed E-state index contributed by atoms with van der Waals surface area (Å²) in [7, 11) is 3.58. The fraction of sp³-hybridized carbons (Fsp3) is 0.533. The molecule has 0 radical (unpaired) electrons. The summed E-state index contributed by atoms with van der Waals surface area (Å²) < 4.78 is 23.6. The van der Waals surface area contributed by atoms with E-state index >= 15 is 0 Å². The van der Waals surface area contributed by atoms with Gasteiger partial charge >= 0.3 is 0 Å². The van der Waals surface area contributed by atoms with Gasteiger partial charge in [0.05, 0.1) is 25.7 Å². The van der Waals surface area contributed by atoms with Crippen molar-refractivity contribution < 1.29 is 18.7 Å². The smallest absolute Gasteiger partial charge is 0.229 e. The van der Waals surface area contributed by atoms with Crippen LogP contribution < -0.4 is 10.1 Å². The first kappa shape index (κ1) is 15.7. The molecule has 0 spiro atoms. The Balaban J connectivity index is 1.77. The zero-order valence-corrected chi connectivity index (χ0v) is 12.3. The Labute approximate surface area is 124 Å². The molecule has 0 aliphatic carbocycles. The zero-order chi connectivity index (χ0) is 15.2. The summed E-state index contributed by atoms with van der Waals surface area (Å²) >= 11 is 0. The fourth-order valence-corrected chi connectivity index (χ4v) is 2.31. The molecule has 1 heterocycles. The number of rotatable bonds is 6. The minimum atomic E-state index is -0.297. The van der Waals surface area contributed by atoms with Crippen LogP contribution in [0.15, 0.2) is 24.3 Å². The van der Waals surface area contributed by atoms with E-state index < -0.39 is 0 Å². The number of halogens is 1. The van der Waals surface area contributed by atoms with Crippen LogP contribution in [0, 0.1) is 11.7 Å². The van der Waals surface area contributed by atoms with Gasteiger partial charge in [-0.3, -0.25) is 4.79 Å². The quantitative estimate of drug-likeness (QED) is 0.847. The molecule has 1 saturated heterocycles. The maximum absolute atomic E-state index is 12.8. The van der Waals surface area contributed by atoms with Gasteiger partial charge in [-0.1, -0.05) is 0 Å². The number of nitrogens with one attached hydrogen (secondary N) is 1. The molecule has 1 aliphatic rings. The standard InChI is InChI=1S/C15H21FN2O3/c1-17-14-10-20-9-13(14)15(19)18(2)7-8-21-12-5-3-11(16)4-6-12/h3-6,13-14,17H,7-10H2,1-2H3. The lowest BCUT2D eigenvalue weighted by Crippen LogP contribution is -2.44. The molecule has 1 N–H and O–H groups in total. The van der Waals surface area contributed by atoms with E-state index in [1.54, 1.807) is 24.1 Å². The van der Waals surface area contributed by atoms with Gasteiger partial charge in [0.25, 0.3) is 0 Å². The summed E-state index contributed by atoms with van der Waals surface area (Å²) in [6.45, 7) is 1.86. The third kappa shape index (κ3) is 4.15. The van der Waals surface area contributed by atoms with Crippen molar-refractivity contribution in [1.29, 1.82) is 0 Å². The minimum absolute atomic E-state index is 0.0505. The monoisotopic (exact) mass is 296 g/mol. The number of hydrogen-bond acceptors (Lipinski definition) is 4. The molecule has 1 fully saturated rings. The van der Waals surface area contributed by atoms with Crippen molar-refractivity contribution >= 4 is 5.91 Å². The van der Waals surface area contributed by atoms with Gasteiger partial charge in [0.2, 0.25) is 5.91 Å². The molecule has 0 saturated carbocycles. The molecule has 6 heteroatoms. The van der Waals surface area contributed by atoms with Crippen molar-refractivity contribution in [3.63, 3.8) is 0 Å². The Kier molecular flexibility index (Phi) is 5.52. The first-order chi connectivity index (χ1) is 10.1. The second kappa shape index (κ2) is 7.38. The average molecular weight is 296 g/mol. The van der Waals surface area contributed by atoms with Crippen LogP contribution in [0.2, 0.25) is 0 Å². The van der Waals surface area contributed by atoms with Crippen LogP contribution in [0.3, 0.4) is 0 Å². The fourth-order valence-electron chi connectivity index (χ4n) is 2.31. The van der Waals surface area contributed by atoms with Crippen molar-refractivity contribution in [1.82, 2.24) is 10.2 Å². The summed E-state index contributed by atoms with van der Waals surface area (Å²) in [4.78, 5) is 13.9. The summed E-state index contributed by atoms with van der Waals surface area (Å²) in [6, 6.07) is 5.89. The predicted molar refractivity (Wildman–Crippen MR) is 76.7 cm³/mol. The zero-order valence-electron chi connectivity index (χ0n) is 12.3. The van der Waals surface area contributed by atoms with Gasteiger partial charge in [-0.05, 0) is 31.3 Å². The van der Waals surface area contributed by atoms with Crippen molar-refractivity contribution in [3.8, 4) is 5.75 Å². The largest absolute Gasteiger partial charge is 0.492 e. The predicted octanol–water partition coefficient (Wildman–Crippen LogP) is 0.897. The Hall–Kier alpha value is -1.66. The summed E-state index contributed by atoms with van der Waals surface area (Å²) in [5.41, 5.74) is 0. The molecule has 1 aromatic rings. The highest BCUT2D eigenvalue weighted by molar-refractivity contribution is 5.79. The summed E-state index contributed by atoms with van der Waals surface area (Å²) in [5.74, 6) is 0.198. The maximum atomic E-state index is 12.8. The molecule has 1 aliphatic heterocycles. The second-order valence-electron chi connectivity index (χ2n) is 5.10. The third-order valence-corrected chi connectivity index (χ3v) is 3.65. The van der Waals surface area contributed by atoms with Crippen molar-refractivity contribution in [2.24, 2.45) is 5.92 Å². The highest BCUT2D eigenvalue weighted by atomic mass is 19.1. The lowest BCUT2D eigenvalue weighted by Gasteiger charge is -2.23. The molecule has 21 heavy (non-hydrogen) atoms. The normalized spacial score (nSPS) is 21.3. The Bertz CT molecular complexity index is 466.